The van der Waals surface area contributed by atoms with Crippen LogP contribution in [0.25, 0.3) is 10.8 Å². The molecular weight excluding hydrogens is 288 g/mol. The van der Waals surface area contributed by atoms with Gasteiger partial charge in [-0.15, -0.1) is 11.3 Å². The maximum atomic E-state index is 12.3. The van der Waals surface area contributed by atoms with Gasteiger partial charge in [0.25, 0.3) is 5.91 Å². The Bertz CT molecular complexity index is 615. The van der Waals surface area contributed by atoms with E-state index in [1.165, 1.54) is 11.3 Å². The van der Waals surface area contributed by atoms with Crippen LogP contribution in [-0.2, 0) is 4.74 Å². The molecule has 0 saturated carbocycles. The summed E-state index contributed by atoms with van der Waals surface area (Å²) in [5.74, 6) is 0.829. The Hall–Kier alpha value is -1.66. The minimum Gasteiger partial charge on any atom is -0.440 e. The van der Waals surface area contributed by atoms with Gasteiger partial charge in [0.1, 0.15) is 5.76 Å². The van der Waals surface area contributed by atoms with E-state index in [2.05, 4.69) is 10.3 Å². The van der Waals surface area contributed by atoms with Crippen molar-refractivity contribution in [2.24, 2.45) is 0 Å². The molecule has 0 spiro atoms. The molecule has 3 heterocycles. The van der Waals surface area contributed by atoms with Gasteiger partial charge in [0.15, 0.2) is 5.69 Å². The van der Waals surface area contributed by atoms with Crippen molar-refractivity contribution in [3.05, 3.63) is 29.0 Å². The van der Waals surface area contributed by atoms with E-state index in [-0.39, 0.29) is 18.1 Å². The number of nitrogens with zero attached hydrogens (tertiary/aromatic N) is 1. The van der Waals surface area contributed by atoms with Gasteiger partial charge in [-0.2, -0.15) is 0 Å². The van der Waals surface area contributed by atoms with E-state index in [1.807, 2.05) is 24.4 Å². The molecule has 1 saturated heterocycles. The molecule has 1 aliphatic heterocycles. The van der Waals surface area contributed by atoms with E-state index >= 15 is 0 Å². The number of thiophene rings is 1. The third kappa shape index (κ3) is 3.01. The normalized spacial score (nSPS) is 19.6. The fourth-order valence-electron chi connectivity index (χ4n) is 2.48. The zero-order valence-electron chi connectivity index (χ0n) is 12.1. The number of carbonyl (C=O) groups excluding carboxylic acids is 1. The largest absolute Gasteiger partial charge is 0.440 e. The molecule has 3 rings (SSSR count). The molecule has 1 aliphatic rings. The highest BCUT2D eigenvalue weighted by Gasteiger charge is 2.26. The lowest BCUT2D eigenvalue weighted by Crippen LogP contribution is -2.41. The summed E-state index contributed by atoms with van der Waals surface area (Å²) in [6.45, 7) is 4.50. The van der Waals surface area contributed by atoms with Gasteiger partial charge in [0, 0.05) is 6.61 Å². The number of amides is 1. The number of hydrogen-bond acceptors (Lipinski definition) is 5. The highest BCUT2D eigenvalue weighted by molar-refractivity contribution is 7.13. The molecule has 6 heteroatoms. The van der Waals surface area contributed by atoms with Gasteiger partial charge < -0.3 is 14.5 Å². The van der Waals surface area contributed by atoms with Gasteiger partial charge in [0.2, 0.25) is 5.89 Å². The molecule has 2 atom stereocenters. The topological polar surface area (TPSA) is 64.4 Å². The summed E-state index contributed by atoms with van der Waals surface area (Å²) in [5.41, 5.74) is 0.350. The van der Waals surface area contributed by atoms with Gasteiger partial charge in [-0.25, -0.2) is 4.98 Å². The monoisotopic (exact) mass is 306 g/mol. The highest BCUT2D eigenvalue weighted by atomic mass is 32.1. The van der Waals surface area contributed by atoms with E-state index < -0.39 is 0 Å². The summed E-state index contributed by atoms with van der Waals surface area (Å²) in [5, 5.41) is 4.91. The predicted molar refractivity (Wildman–Crippen MR) is 80.5 cm³/mol. The molecule has 0 unspecified atom stereocenters. The average molecular weight is 306 g/mol. The second-order valence-electron chi connectivity index (χ2n) is 5.21. The van der Waals surface area contributed by atoms with Crippen LogP contribution in [0.4, 0.5) is 0 Å². The van der Waals surface area contributed by atoms with E-state index in [1.54, 1.807) is 6.92 Å². The molecule has 1 amide bonds. The van der Waals surface area contributed by atoms with Crippen LogP contribution >= 0.6 is 11.3 Å². The summed E-state index contributed by atoms with van der Waals surface area (Å²) in [6.07, 6.45) is 2.13. The predicted octanol–water partition coefficient (Wildman–Crippen LogP) is 3.01. The zero-order chi connectivity index (χ0) is 14.8. The minimum absolute atomic E-state index is 0.0266. The first-order chi connectivity index (χ1) is 10.1. The first kappa shape index (κ1) is 14.3. The maximum absolute atomic E-state index is 12.3. The molecule has 5 nitrogen and oxygen atoms in total. The summed E-state index contributed by atoms with van der Waals surface area (Å²) < 4.78 is 11.2. The summed E-state index contributed by atoms with van der Waals surface area (Å²) >= 11 is 1.54. The number of aromatic nitrogens is 1. The van der Waals surface area contributed by atoms with Crippen molar-refractivity contribution >= 4 is 17.2 Å². The van der Waals surface area contributed by atoms with Gasteiger partial charge in [-0.05, 0) is 38.1 Å². The van der Waals surface area contributed by atoms with Crippen LogP contribution in [0.15, 0.2) is 21.9 Å². The van der Waals surface area contributed by atoms with Crippen molar-refractivity contribution in [2.75, 3.05) is 6.61 Å². The molecule has 0 aliphatic carbocycles. The Labute approximate surface area is 127 Å². The van der Waals surface area contributed by atoms with Crippen LogP contribution < -0.4 is 5.32 Å². The number of nitrogens with one attached hydrogen (secondary N) is 1. The average Bonchev–Trinajstić information content (AvgIpc) is 3.20. The molecular formula is C15H18N2O3S. The molecule has 2 aromatic heterocycles. The highest BCUT2D eigenvalue weighted by Crippen LogP contribution is 2.26. The molecule has 0 bridgehead atoms. The van der Waals surface area contributed by atoms with Gasteiger partial charge in [0.05, 0.1) is 17.0 Å². The maximum Gasteiger partial charge on any atom is 0.273 e. The minimum atomic E-state index is -0.206. The number of hydrogen-bond donors (Lipinski definition) is 1. The molecule has 112 valence electrons. The van der Waals surface area contributed by atoms with Crippen molar-refractivity contribution in [3.8, 4) is 10.8 Å². The molecule has 0 radical (unpaired) electrons. The van der Waals surface area contributed by atoms with Crippen molar-refractivity contribution in [1.29, 1.82) is 0 Å². The number of carbonyl (C=O) groups is 1. The van der Waals surface area contributed by atoms with E-state index in [0.29, 0.717) is 17.3 Å². The summed E-state index contributed by atoms with van der Waals surface area (Å²) in [7, 11) is 0. The van der Waals surface area contributed by atoms with Crippen LogP contribution in [-0.4, -0.2) is 29.6 Å². The second kappa shape index (κ2) is 5.99. The van der Waals surface area contributed by atoms with E-state index in [9.17, 15) is 4.79 Å². The Kier molecular flexibility index (Phi) is 4.07. The van der Waals surface area contributed by atoms with Gasteiger partial charge >= 0.3 is 0 Å². The third-order valence-electron chi connectivity index (χ3n) is 3.62. The van der Waals surface area contributed by atoms with Gasteiger partial charge in [-0.3, -0.25) is 4.79 Å². The Morgan fingerprint density at radius 1 is 1.57 bits per heavy atom. The Balaban J connectivity index is 1.72. The zero-order valence-corrected chi connectivity index (χ0v) is 12.9. The smallest absolute Gasteiger partial charge is 0.273 e. The fourth-order valence-corrected chi connectivity index (χ4v) is 3.13. The Morgan fingerprint density at radius 2 is 2.43 bits per heavy atom. The van der Waals surface area contributed by atoms with Crippen LogP contribution in [0.5, 0.6) is 0 Å². The number of aryl methyl sites for hydroxylation is 1. The molecule has 1 N–H and O–H groups in total. The van der Waals surface area contributed by atoms with Gasteiger partial charge in [-0.1, -0.05) is 6.07 Å². The van der Waals surface area contributed by atoms with Crippen molar-refractivity contribution < 1.29 is 13.9 Å². The number of ether oxygens (including phenoxy) is 1. The fraction of sp³-hybridized carbons (Fsp3) is 0.467. The van der Waals surface area contributed by atoms with Crippen LogP contribution in [0.1, 0.15) is 36.0 Å². The first-order valence-corrected chi connectivity index (χ1v) is 7.97. The quantitative estimate of drug-likeness (QED) is 0.943. The number of rotatable bonds is 4. The third-order valence-corrected chi connectivity index (χ3v) is 4.48. The Morgan fingerprint density at radius 3 is 3.10 bits per heavy atom. The van der Waals surface area contributed by atoms with E-state index in [0.717, 1.165) is 24.3 Å². The SMILES string of the molecule is Cc1oc(-c2cccs2)nc1C(=O)N[C@H](C)[C@H]1CCCO1. The lowest BCUT2D eigenvalue weighted by Gasteiger charge is -2.19. The summed E-state index contributed by atoms with van der Waals surface area (Å²) in [6, 6.07) is 3.83. The number of oxazole rings is 1. The van der Waals surface area contributed by atoms with E-state index in [4.69, 9.17) is 9.15 Å². The van der Waals surface area contributed by atoms with Crippen molar-refractivity contribution in [3.63, 3.8) is 0 Å². The lowest BCUT2D eigenvalue weighted by molar-refractivity contribution is 0.0709. The molecule has 2 aromatic rings. The first-order valence-electron chi connectivity index (χ1n) is 7.09. The summed E-state index contributed by atoms with van der Waals surface area (Å²) in [4.78, 5) is 17.6. The molecule has 0 aromatic carbocycles. The molecule has 1 fully saturated rings. The molecule has 21 heavy (non-hydrogen) atoms. The second-order valence-corrected chi connectivity index (χ2v) is 6.16. The van der Waals surface area contributed by atoms with Crippen LogP contribution in [0.2, 0.25) is 0 Å². The van der Waals surface area contributed by atoms with Crippen molar-refractivity contribution in [1.82, 2.24) is 10.3 Å². The lowest BCUT2D eigenvalue weighted by atomic mass is 10.1. The van der Waals surface area contributed by atoms with Crippen LogP contribution in [0, 0.1) is 6.92 Å². The standard InChI is InChI=1S/C15H18N2O3S/c1-9(11-5-3-7-19-11)16-14(18)13-10(2)20-15(17-13)12-6-4-8-21-12/h4,6,8-9,11H,3,5,7H2,1-2H3,(H,16,18)/t9-,11-/m1/s1. The van der Waals surface area contributed by atoms with Crippen LogP contribution in [0.3, 0.4) is 0 Å². The van der Waals surface area contributed by atoms with Crippen molar-refractivity contribution in [2.45, 2.75) is 38.8 Å².